The molecule has 18 heavy (non-hydrogen) atoms. The van der Waals surface area contributed by atoms with Gasteiger partial charge in [-0.3, -0.25) is 0 Å². The summed E-state index contributed by atoms with van der Waals surface area (Å²) in [5.41, 5.74) is 0. The van der Waals surface area contributed by atoms with Crippen molar-refractivity contribution >= 4 is 15.5 Å². The van der Waals surface area contributed by atoms with Gasteiger partial charge in [-0.1, -0.05) is 12.6 Å². The molecule has 0 N–H and O–H groups in total. The lowest BCUT2D eigenvalue weighted by Crippen LogP contribution is -2.30. The van der Waals surface area contributed by atoms with Crippen molar-refractivity contribution in [2.45, 2.75) is 58.3 Å². The fourth-order valence-corrected chi connectivity index (χ4v) is 3.29. The van der Waals surface area contributed by atoms with Gasteiger partial charge in [0.2, 0.25) is 0 Å². The summed E-state index contributed by atoms with van der Waals surface area (Å²) in [7, 11) is -0.473. The first-order valence-electron chi connectivity index (χ1n) is 6.55. The number of ether oxygens (including phenoxy) is 3. The highest BCUT2D eigenvalue weighted by Gasteiger charge is 2.13. The largest absolute Gasteiger partial charge is 0.463 e. The second-order valence-electron chi connectivity index (χ2n) is 4.67. The summed E-state index contributed by atoms with van der Waals surface area (Å²) in [6.45, 7) is 11.8. The van der Waals surface area contributed by atoms with Gasteiger partial charge in [0.15, 0.2) is 0 Å². The quantitative estimate of drug-likeness (QED) is 0.200. The van der Waals surface area contributed by atoms with Crippen molar-refractivity contribution < 1.29 is 19.0 Å². The summed E-state index contributed by atoms with van der Waals surface area (Å²) < 4.78 is 16.4. The van der Waals surface area contributed by atoms with Crippen LogP contribution in [-0.4, -0.2) is 40.2 Å². The third kappa shape index (κ3) is 10.5. The van der Waals surface area contributed by atoms with E-state index in [9.17, 15) is 4.79 Å². The highest BCUT2D eigenvalue weighted by molar-refractivity contribution is 6.36. The molecule has 0 saturated carbocycles. The molecule has 0 aliphatic rings. The SMILES string of the molecule is C=CC(=O)OCCC[SiH2]C(OC(C)C)OC(C)C. The minimum absolute atomic E-state index is 0.0416. The average molecular weight is 274 g/mol. The minimum Gasteiger partial charge on any atom is -0.463 e. The van der Waals surface area contributed by atoms with Gasteiger partial charge in [-0.2, -0.15) is 0 Å². The van der Waals surface area contributed by atoms with Crippen molar-refractivity contribution in [1.29, 1.82) is 0 Å². The van der Waals surface area contributed by atoms with Gasteiger partial charge in [0.05, 0.1) is 28.3 Å². The summed E-state index contributed by atoms with van der Waals surface area (Å²) in [5, 5.41) is 0. The first-order valence-corrected chi connectivity index (χ1v) is 8.37. The lowest BCUT2D eigenvalue weighted by atomic mass is 10.5. The second-order valence-corrected chi connectivity index (χ2v) is 6.62. The molecule has 106 valence electrons. The number of rotatable bonds is 10. The van der Waals surface area contributed by atoms with Crippen molar-refractivity contribution in [2.24, 2.45) is 0 Å². The zero-order chi connectivity index (χ0) is 14.0. The number of esters is 1. The summed E-state index contributed by atoms with van der Waals surface area (Å²) >= 11 is 0. The number of carbonyl (C=O) groups excluding carboxylic acids is 1. The topological polar surface area (TPSA) is 44.8 Å². The molecule has 0 saturated heterocycles. The molecule has 4 nitrogen and oxygen atoms in total. The standard InChI is InChI=1S/C13H26O4Si/c1-6-12(14)15-8-7-9-18-13(16-10(2)3)17-11(4)5/h6,10-11,13H,1,7-9,18H2,2-5H3. The molecular weight excluding hydrogens is 248 g/mol. The third-order valence-corrected chi connectivity index (χ3v) is 3.86. The Bertz CT molecular complexity index is 231. The van der Waals surface area contributed by atoms with E-state index < -0.39 is 9.52 Å². The van der Waals surface area contributed by atoms with E-state index in [2.05, 4.69) is 6.58 Å². The van der Waals surface area contributed by atoms with Crippen LogP contribution in [0.15, 0.2) is 12.7 Å². The maximum absolute atomic E-state index is 10.8. The van der Waals surface area contributed by atoms with Crippen LogP contribution >= 0.6 is 0 Å². The van der Waals surface area contributed by atoms with Crippen LogP contribution in [0.2, 0.25) is 6.04 Å². The van der Waals surface area contributed by atoms with E-state index in [-0.39, 0.29) is 24.1 Å². The van der Waals surface area contributed by atoms with Crippen LogP contribution < -0.4 is 0 Å². The van der Waals surface area contributed by atoms with Gasteiger partial charge in [-0.15, -0.1) is 0 Å². The molecule has 0 radical (unpaired) electrons. The molecule has 0 spiro atoms. The van der Waals surface area contributed by atoms with E-state index >= 15 is 0 Å². The van der Waals surface area contributed by atoms with Crippen LogP contribution in [0, 0.1) is 0 Å². The van der Waals surface area contributed by atoms with Gasteiger partial charge in [0, 0.05) is 6.08 Å². The molecule has 0 heterocycles. The van der Waals surface area contributed by atoms with E-state index in [1.54, 1.807) is 0 Å². The van der Waals surface area contributed by atoms with E-state index in [1.807, 2.05) is 27.7 Å². The Morgan fingerprint density at radius 1 is 1.22 bits per heavy atom. The first kappa shape index (κ1) is 17.3. The minimum atomic E-state index is -0.473. The molecule has 0 bridgehead atoms. The van der Waals surface area contributed by atoms with Crippen LogP contribution in [0.4, 0.5) is 0 Å². The van der Waals surface area contributed by atoms with Crippen molar-refractivity contribution in [3.63, 3.8) is 0 Å². The lowest BCUT2D eigenvalue weighted by molar-refractivity contribution is -0.137. The van der Waals surface area contributed by atoms with Crippen molar-refractivity contribution in [3.8, 4) is 0 Å². The van der Waals surface area contributed by atoms with Crippen molar-refractivity contribution in [2.75, 3.05) is 6.61 Å². The molecule has 0 rings (SSSR count). The smallest absolute Gasteiger partial charge is 0.330 e. The average Bonchev–Trinajstić information content (AvgIpc) is 2.26. The van der Waals surface area contributed by atoms with Crippen LogP contribution in [0.3, 0.4) is 0 Å². The van der Waals surface area contributed by atoms with Crippen LogP contribution in [0.25, 0.3) is 0 Å². The van der Waals surface area contributed by atoms with E-state index in [0.717, 1.165) is 12.5 Å². The predicted octanol–water partition coefficient (Wildman–Crippen LogP) is 1.83. The normalized spacial score (nSPS) is 11.9. The van der Waals surface area contributed by atoms with Crippen molar-refractivity contribution in [1.82, 2.24) is 0 Å². The van der Waals surface area contributed by atoms with Crippen molar-refractivity contribution in [3.05, 3.63) is 12.7 Å². The monoisotopic (exact) mass is 274 g/mol. The van der Waals surface area contributed by atoms with Gasteiger partial charge in [0.1, 0.15) is 5.91 Å². The highest BCUT2D eigenvalue weighted by atomic mass is 28.2. The molecule has 0 amide bonds. The maximum Gasteiger partial charge on any atom is 0.330 e. The molecule has 0 aliphatic carbocycles. The maximum atomic E-state index is 10.8. The summed E-state index contributed by atoms with van der Waals surface area (Å²) in [6, 6.07) is 1.04. The summed E-state index contributed by atoms with van der Waals surface area (Å²) in [4.78, 5) is 10.8. The second kappa shape index (κ2) is 10.3. The lowest BCUT2D eigenvalue weighted by Gasteiger charge is -2.22. The fraction of sp³-hybridized carbons (Fsp3) is 0.769. The molecule has 0 aliphatic heterocycles. The number of hydrogen-bond donors (Lipinski definition) is 0. The van der Waals surface area contributed by atoms with Crippen LogP contribution in [0.5, 0.6) is 0 Å². The Balaban J connectivity index is 3.74. The molecule has 0 aromatic heterocycles. The number of hydrogen-bond acceptors (Lipinski definition) is 4. The van der Waals surface area contributed by atoms with Crippen LogP contribution in [-0.2, 0) is 19.0 Å². The molecule has 0 aromatic rings. The van der Waals surface area contributed by atoms with Gasteiger partial charge in [-0.05, 0) is 34.1 Å². The zero-order valence-corrected chi connectivity index (χ0v) is 13.4. The third-order valence-electron chi connectivity index (χ3n) is 2.09. The Morgan fingerprint density at radius 2 is 1.78 bits per heavy atom. The molecular formula is C13H26O4Si. The highest BCUT2D eigenvalue weighted by Crippen LogP contribution is 2.05. The Hall–Kier alpha value is -0.653. The van der Waals surface area contributed by atoms with Gasteiger partial charge in [-0.25, -0.2) is 4.79 Å². The van der Waals surface area contributed by atoms with Gasteiger partial charge >= 0.3 is 5.97 Å². The molecule has 0 fully saturated rings. The summed E-state index contributed by atoms with van der Waals surface area (Å²) in [5.74, 6) is -0.398. The predicted molar refractivity (Wildman–Crippen MR) is 75.4 cm³/mol. The zero-order valence-electron chi connectivity index (χ0n) is 12.0. The Kier molecular flexibility index (Phi) is 9.91. The molecule has 0 aromatic carbocycles. The van der Waals surface area contributed by atoms with E-state index in [0.29, 0.717) is 6.61 Å². The van der Waals surface area contributed by atoms with Crippen LogP contribution in [0.1, 0.15) is 34.1 Å². The molecule has 5 heteroatoms. The van der Waals surface area contributed by atoms with Gasteiger partial charge < -0.3 is 14.2 Å². The molecule has 0 unspecified atom stereocenters. The molecule has 0 atom stereocenters. The summed E-state index contributed by atoms with van der Waals surface area (Å²) in [6.07, 6.45) is 2.41. The van der Waals surface area contributed by atoms with E-state index in [4.69, 9.17) is 14.2 Å². The Labute approximate surface area is 113 Å². The number of carbonyl (C=O) groups is 1. The Morgan fingerprint density at radius 3 is 2.22 bits per heavy atom. The van der Waals surface area contributed by atoms with E-state index in [1.165, 1.54) is 6.08 Å². The van der Waals surface area contributed by atoms with Gasteiger partial charge in [0.25, 0.3) is 0 Å². The fourth-order valence-electron chi connectivity index (χ4n) is 1.42. The first-order chi connectivity index (χ1) is 8.45.